The number of hydrogen-bond donors (Lipinski definition) is 3. The second kappa shape index (κ2) is 11.3. The third-order valence-corrected chi connectivity index (χ3v) is 7.52. The van der Waals surface area contributed by atoms with Crippen molar-refractivity contribution < 1.29 is 4.79 Å². The number of nitrogens with one attached hydrogen (secondary N) is 3. The zero-order chi connectivity index (χ0) is 27.5. The highest BCUT2D eigenvalue weighted by molar-refractivity contribution is 5.92. The second-order valence-corrected chi connectivity index (χ2v) is 10.6. The number of nitrogens with zero attached hydrogens (tertiary/aromatic N) is 6. The van der Waals surface area contributed by atoms with E-state index in [9.17, 15) is 4.79 Å². The molecule has 1 amide bonds. The molecule has 0 aliphatic carbocycles. The molecule has 4 aromatic rings. The van der Waals surface area contributed by atoms with Crippen molar-refractivity contribution in [3.8, 4) is 0 Å². The Morgan fingerprint density at radius 1 is 0.975 bits per heavy atom. The summed E-state index contributed by atoms with van der Waals surface area (Å²) >= 11 is 0. The first kappa shape index (κ1) is 25.7. The molecule has 0 radical (unpaired) electrons. The molecule has 1 fully saturated rings. The average molecular weight is 536 g/mol. The van der Waals surface area contributed by atoms with Crippen LogP contribution in [0.3, 0.4) is 0 Å². The summed E-state index contributed by atoms with van der Waals surface area (Å²) in [6, 6.07) is 10.1. The number of hydrogen-bond acceptors (Lipinski definition) is 9. The van der Waals surface area contributed by atoms with Gasteiger partial charge in [-0.25, -0.2) is 15.0 Å². The number of fused-ring (bicyclic) bond motifs is 6. The third-order valence-electron chi connectivity index (χ3n) is 7.52. The van der Waals surface area contributed by atoms with E-state index in [1.165, 1.54) is 0 Å². The van der Waals surface area contributed by atoms with E-state index < -0.39 is 0 Å². The van der Waals surface area contributed by atoms with Crippen molar-refractivity contribution in [2.75, 3.05) is 33.9 Å². The number of piperidine rings is 1. The molecule has 3 aromatic heterocycles. The number of amides is 1. The van der Waals surface area contributed by atoms with Gasteiger partial charge in [-0.1, -0.05) is 0 Å². The lowest BCUT2D eigenvalue weighted by Crippen LogP contribution is -2.35. The number of anilines is 6. The van der Waals surface area contributed by atoms with E-state index in [4.69, 9.17) is 0 Å². The first-order chi connectivity index (χ1) is 19.5. The molecule has 10 heteroatoms. The number of benzene rings is 1. The van der Waals surface area contributed by atoms with Crippen molar-refractivity contribution in [3.63, 3.8) is 0 Å². The summed E-state index contributed by atoms with van der Waals surface area (Å²) in [6.45, 7) is 5.67. The highest BCUT2D eigenvalue weighted by Gasteiger charge is 2.23. The minimum atomic E-state index is 0.0559. The van der Waals surface area contributed by atoms with E-state index in [0.29, 0.717) is 18.3 Å². The second-order valence-electron chi connectivity index (χ2n) is 10.6. The Kier molecular flexibility index (Phi) is 7.22. The lowest BCUT2D eigenvalue weighted by molar-refractivity contribution is -0.117. The lowest BCUT2D eigenvalue weighted by Gasteiger charge is -2.32. The zero-order valence-corrected chi connectivity index (χ0v) is 22.8. The molecule has 204 valence electrons. The van der Waals surface area contributed by atoms with Crippen LogP contribution >= 0.6 is 0 Å². The fourth-order valence-electron chi connectivity index (χ4n) is 5.32. The number of aryl methyl sites for hydroxylation is 4. The number of aromatic nitrogens is 5. The number of rotatable bonds is 4. The summed E-state index contributed by atoms with van der Waals surface area (Å²) in [7, 11) is 0. The van der Waals surface area contributed by atoms with Crippen LogP contribution in [0, 0.1) is 19.8 Å². The zero-order valence-electron chi connectivity index (χ0n) is 22.8. The maximum atomic E-state index is 13.2. The van der Waals surface area contributed by atoms with Gasteiger partial charge in [0.25, 0.3) is 0 Å². The molecule has 2 aliphatic rings. The van der Waals surface area contributed by atoms with Gasteiger partial charge in [0.2, 0.25) is 11.9 Å². The predicted octanol–water partition coefficient (Wildman–Crippen LogP) is 5.11. The van der Waals surface area contributed by atoms with Gasteiger partial charge in [-0.3, -0.25) is 9.78 Å². The van der Waals surface area contributed by atoms with E-state index in [-0.39, 0.29) is 5.91 Å². The monoisotopic (exact) mass is 535 g/mol. The molecule has 5 heterocycles. The van der Waals surface area contributed by atoms with Crippen molar-refractivity contribution in [2.24, 2.45) is 5.92 Å². The quantitative estimate of drug-likeness (QED) is 0.327. The molecule has 0 spiro atoms. The number of carbonyl (C=O) groups excluding carboxylic acids is 1. The summed E-state index contributed by atoms with van der Waals surface area (Å²) in [5, 5.41) is 9.90. The summed E-state index contributed by atoms with van der Waals surface area (Å²) in [5.74, 6) is 3.39. The minimum Gasteiger partial charge on any atom is -0.356 e. The highest BCUT2D eigenvalue weighted by Crippen LogP contribution is 2.29. The average Bonchev–Trinajstić information content (AvgIpc) is 2.95. The predicted molar refractivity (Wildman–Crippen MR) is 156 cm³/mol. The Morgan fingerprint density at radius 2 is 1.85 bits per heavy atom. The van der Waals surface area contributed by atoms with Crippen LogP contribution in [0.5, 0.6) is 0 Å². The van der Waals surface area contributed by atoms with Gasteiger partial charge in [0.05, 0.1) is 11.9 Å². The van der Waals surface area contributed by atoms with Crippen LogP contribution in [0.1, 0.15) is 41.8 Å². The van der Waals surface area contributed by atoms with Gasteiger partial charge >= 0.3 is 0 Å². The minimum absolute atomic E-state index is 0.0559. The number of carbonyl (C=O) groups is 1. The molecule has 0 saturated carbocycles. The lowest BCUT2D eigenvalue weighted by atomic mass is 9.93. The first-order valence-electron chi connectivity index (χ1n) is 13.8. The standard InChI is InChI=1S/C30H33N9O/c1-19-16-33-30-36-25-13-22(17-31-18-25)3-4-23-15-24(35-29(19)38-30)5-6-26(23)37-28(40)14-21-8-11-39(12-9-21)27-7-10-32-20(2)34-27/h5-7,10,13,15-18,21H,3-4,8-9,11-12,14H2,1-2H3,(H,37,40)(H2,33,35,36,38). The van der Waals surface area contributed by atoms with Crippen molar-refractivity contribution in [1.29, 1.82) is 0 Å². The topological polar surface area (TPSA) is 121 Å². The van der Waals surface area contributed by atoms with E-state index in [0.717, 1.165) is 90.0 Å². The summed E-state index contributed by atoms with van der Waals surface area (Å²) in [4.78, 5) is 37.7. The van der Waals surface area contributed by atoms with Crippen LogP contribution in [-0.4, -0.2) is 43.9 Å². The Balaban J connectivity index is 1.16. The summed E-state index contributed by atoms with van der Waals surface area (Å²) < 4.78 is 0. The Hall–Kier alpha value is -4.60. The molecule has 10 nitrogen and oxygen atoms in total. The van der Waals surface area contributed by atoms with Crippen molar-refractivity contribution in [3.05, 3.63) is 77.6 Å². The molecule has 0 atom stereocenters. The van der Waals surface area contributed by atoms with E-state index in [2.05, 4.69) is 57.9 Å². The van der Waals surface area contributed by atoms with Gasteiger partial charge < -0.3 is 20.9 Å². The molecule has 6 rings (SSSR count). The van der Waals surface area contributed by atoms with Crippen LogP contribution in [0.4, 0.5) is 34.6 Å². The van der Waals surface area contributed by atoms with E-state index in [1.807, 2.05) is 38.2 Å². The van der Waals surface area contributed by atoms with Gasteiger partial charge in [-0.05, 0) is 86.9 Å². The van der Waals surface area contributed by atoms with E-state index in [1.54, 1.807) is 18.6 Å². The van der Waals surface area contributed by atoms with E-state index >= 15 is 0 Å². The molecular weight excluding hydrogens is 502 g/mol. The van der Waals surface area contributed by atoms with Crippen LogP contribution in [0.2, 0.25) is 0 Å². The summed E-state index contributed by atoms with van der Waals surface area (Å²) in [6.07, 6.45) is 11.2. The molecular formula is C30H33N9O. The Bertz CT molecular complexity index is 1530. The molecule has 1 aromatic carbocycles. The molecule has 40 heavy (non-hydrogen) atoms. The molecule has 3 N–H and O–H groups in total. The maximum absolute atomic E-state index is 13.2. The normalized spacial score (nSPS) is 15.1. The van der Waals surface area contributed by atoms with Gasteiger partial charge in [-0.2, -0.15) is 4.98 Å². The molecule has 6 bridgehead atoms. The van der Waals surface area contributed by atoms with Crippen molar-refractivity contribution >= 4 is 40.6 Å². The van der Waals surface area contributed by atoms with Gasteiger partial charge in [0, 0.05) is 55.0 Å². The number of pyridine rings is 1. The maximum Gasteiger partial charge on any atom is 0.229 e. The fraction of sp³-hybridized carbons (Fsp3) is 0.333. The van der Waals surface area contributed by atoms with Gasteiger partial charge in [-0.15, -0.1) is 0 Å². The van der Waals surface area contributed by atoms with Crippen LogP contribution in [0.15, 0.2) is 55.1 Å². The Labute approximate surface area is 233 Å². The van der Waals surface area contributed by atoms with Crippen molar-refractivity contribution in [2.45, 2.75) is 46.0 Å². The van der Waals surface area contributed by atoms with Crippen LogP contribution in [0.25, 0.3) is 0 Å². The van der Waals surface area contributed by atoms with Crippen LogP contribution in [-0.2, 0) is 17.6 Å². The fourth-order valence-corrected chi connectivity index (χ4v) is 5.32. The molecule has 2 aliphatic heterocycles. The third kappa shape index (κ3) is 6.01. The van der Waals surface area contributed by atoms with Crippen molar-refractivity contribution in [1.82, 2.24) is 24.9 Å². The molecule has 0 unspecified atom stereocenters. The smallest absolute Gasteiger partial charge is 0.229 e. The Morgan fingerprint density at radius 3 is 2.70 bits per heavy atom. The largest absolute Gasteiger partial charge is 0.356 e. The van der Waals surface area contributed by atoms with Crippen LogP contribution < -0.4 is 20.9 Å². The first-order valence-corrected chi connectivity index (χ1v) is 13.8. The highest BCUT2D eigenvalue weighted by atomic mass is 16.1. The van der Waals surface area contributed by atoms with Gasteiger partial charge in [0.1, 0.15) is 17.5 Å². The SMILES string of the molecule is Cc1nccc(N2CCC(CC(=O)Nc3ccc4cc3CCc3cncc(c3)Nc3ncc(C)c(n3)N4)CC2)n1. The van der Waals surface area contributed by atoms with Gasteiger partial charge in [0.15, 0.2) is 0 Å². The molecule has 1 saturated heterocycles. The summed E-state index contributed by atoms with van der Waals surface area (Å²) in [5.41, 5.74) is 5.70.